The quantitative estimate of drug-likeness (QED) is 0.843. The number of benzene rings is 1. The van der Waals surface area contributed by atoms with Gasteiger partial charge in [-0.2, -0.15) is 5.10 Å². The number of methoxy groups -OCH3 is 1. The fraction of sp³-hybridized carbons (Fsp3) is 0.438. The molecule has 0 aliphatic heterocycles. The highest BCUT2D eigenvalue weighted by Crippen LogP contribution is 2.21. The fourth-order valence-corrected chi connectivity index (χ4v) is 2.23. The minimum absolute atomic E-state index is 0.239. The minimum atomic E-state index is 0.239. The molecule has 2 aromatic rings. The summed E-state index contributed by atoms with van der Waals surface area (Å²) in [6.07, 6.45) is 2.95. The van der Waals surface area contributed by atoms with Crippen LogP contribution in [0.25, 0.3) is 0 Å². The molecule has 4 nitrogen and oxygen atoms in total. The summed E-state index contributed by atoms with van der Waals surface area (Å²) in [5, 5.41) is 7.96. The van der Waals surface area contributed by atoms with Crippen LogP contribution in [0, 0.1) is 6.92 Å². The third-order valence-corrected chi connectivity index (χ3v) is 3.42. The molecule has 0 spiro atoms. The largest absolute Gasteiger partial charge is 0.497 e. The second-order valence-electron chi connectivity index (χ2n) is 4.94. The van der Waals surface area contributed by atoms with Crippen LogP contribution < -0.4 is 10.1 Å². The molecule has 4 heteroatoms. The standard InChI is InChI=1S/C16H23N3O/c1-4-9-17-16(12-19-13(2)8-10-18-19)14-6-5-7-15(11-14)20-3/h5-8,10-11,16-17H,4,9,12H2,1-3H3. The first-order valence-corrected chi connectivity index (χ1v) is 7.10. The van der Waals surface area contributed by atoms with Gasteiger partial charge in [0.2, 0.25) is 0 Å². The van der Waals surface area contributed by atoms with E-state index in [2.05, 4.69) is 36.4 Å². The molecule has 0 aliphatic rings. The van der Waals surface area contributed by atoms with Crippen LogP contribution in [0.2, 0.25) is 0 Å². The second-order valence-corrected chi connectivity index (χ2v) is 4.94. The maximum absolute atomic E-state index is 5.32. The van der Waals surface area contributed by atoms with Crippen LogP contribution in [0.1, 0.15) is 30.6 Å². The Morgan fingerprint density at radius 2 is 2.20 bits per heavy atom. The molecule has 20 heavy (non-hydrogen) atoms. The lowest BCUT2D eigenvalue weighted by atomic mass is 10.1. The van der Waals surface area contributed by atoms with Crippen molar-refractivity contribution in [2.75, 3.05) is 13.7 Å². The molecule has 1 atom stereocenters. The van der Waals surface area contributed by atoms with Crippen molar-refractivity contribution in [3.63, 3.8) is 0 Å². The molecule has 0 bridgehead atoms. The van der Waals surface area contributed by atoms with Crippen molar-refractivity contribution in [2.45, 2.75) is 32.9 Å². The number of hydrogen-bond donors (Lipinski definition) is 1. The Labute approximate surface area is 120 Å². The summed E-state index contributed by atoms with van der Waals surface area (Å²) in [4.78, 5) is 0. The molecule has 1 unspecified atom stereocenters. The number of hydrogen-bond acceptors (Lipinski definition) is 3. The van der Waals surface area contributed by atoms with E-state index < -0.39 is 0 Å². The first kappa shape index (κ1) is 14.6. The average Bonchev–Trinajstić information content (AvgIpc) is 2.88. The van der Waals surface area contributed by atoms with Gasteiger partial charge >= 0.3 is 0 Å². The van der Waals surface area contributed by atoms with E-state index >= 15 is 0 Å². The van der Waals surface area contributed by atoms with Crippen LogP contribution in [-0.2, 0) is 6.54 Å². The summed E-state index contributed by atoms with van der Waals surface area (Å²) in [7, 11) is 1.70. The lowest BCUT2D eigenvalue weighted by molar-refractivity contribution is 0.407. The van der Waals surface area contributed by atoms with Crippen molar-refractivity contribution in [2.24, 2.45) is 0 Å². The Bertz CT molecular complexity index is 536. The van der Waals surface area contributed by atoms with Crippen LogP contribution in [0.3, 0.4) is 0 Å². The Morgan fingerprint density at radius 1 is 1.35 bits per heavy atom. The van der Waals surface area contributed by atoms with Crippen molar-refractivity contribution in [3.05, 3.63) is 47.8 Å². The van der Waals surface area contributed by atoms with Crippen LogP contribution in [0.4, 0.5) is 0 Å². The topological polar surface area (TPSA) is 39.1 Å². The van der Waals surface area contributed by atoms with E-state index in [-0.39, 0.29) is 6.04 Å². The van der Waals surface area contributed by atoms with Gasteiger partial charge in [0.25, 0.3) is 0 Å². The number of nitrogens with one attached hydrogen (secondary N) is 1. The number of aromatic nitrogens is 2. The van der Waals surface area contributed by atoms with Crippen LogP contribution in [0.15, 0.2) is 36.5 Å². The van der Waals surface area contributed by atoms with Crippen LogP contribution in [0.5, 0.6) is 5.75 Å². The van der Waals surface area contributed by atoms with E-state index in [9.17, 15) is 0 Å². The molecule has 0 amide bonds. The second kappa shape index (κ2) is 7.10. The number of aryl methyl sites for hydroxylation is 1. The third-order valence-electron chi connectivity index (χ3n) is 3.42. The van der Waals surface area contributed by atoms with Crippen LogP contribution >= 0.6 is 0 Å². The molecule has 0 saturated heterocycles. The normalized spacial score (nSPS) is 12.3. The Morgan fingerprint density at radius 3 is 2.85 bits per heavy atom. The Balaban J connectivity index is 2.19. The first-order chi connectivity index (χ1) is 9.74. The van der Waals surface area contributed by atoms with Gasteiger partial charge in [-0.1, -0.05) is 19.1 Å². The highest BCUT2D eigenvalue weighted by Gasteiger charge is 2.13. The average molecular weight is 273 g/mol. The molecule has 1 heterocycles. The lowest BCUT2D eigenvalue weighted by Crippen LogP contribution is -2.27. The predicted molar refractivity (Wildman–Crippen MR) is 81.0 cm³/mol. The summed E-state index contributed by atoms with van der Waals surface area (Å²) in [5.74, 6) is 0.892. The van der Waals surface area contributed by atoms with Crippen molar-refractivity contribution in [1.82, 2.24) is 15.1 Å². The van der Waals surface area contributed by atoms with Gasteiger partial charge in [-0.25, -0.2) is 0 Å². The summed E-state index contributed by atoms with van der Waals surface area (Å²) in [5.41, 5.74) is 2.41. The van der Waals surface area contributed by atoms with Gasteiger partial charge in [-0.15, -0.1) is 0 Å². The lowest BCUT2D eigenvalue weighted by Gasteiger charge is -2.20. The molecule has 1 aromatic heterocycles. The first-order valence-electron chi connectivity index (χ1n) is 7.10. The van der Waals surface area contributed by atoms with E-state index in [0.717, 1.165) is 25.3 Å². The van der Waals surface area contributed by atoms with Crippen molar-refractivity contribution >= 4 is 0 Å². The Kier molecular flexibility index (Phi) is 5.18. The van der Waals surface area contributed by atoms with Gasteiger partial charge in [-0.05, 0) is 43.7 Å². The van der Waals surface area contributed by atoms with Gasteiger partial charge in [-0.3, -0.25) is 4.68 Å². The molecule has 0 radical (unpaired) electrons. The highest BCUT2D eigenvalue weighted by atomic mass is 16.5. The summed E-state index contributed by atoms with van der Waals surface area (Å²) >= 11 is 0. The monoisotopic (exact) mass is 273 g/mol. The van der Waals surface area contributed by atoms with E-state index in [1.165, 1.54) is 11.3 Å². The van der Waals surface area contributed by atoms with Crippen molar-refractivity contribution in [3.8, 4) is 5.75 Å². The zero-order chi connectivity index (χ0) is 14.4. The van der Waals surface area contributed by atoms with Crippen molar-refractivity contribution in [1.29, 1.82) is 0 Å². The number of rotatable bonds is 7. The smallest absolute Gasteiger partial charge is 0.119 e. The molecule has 0 aliphatic carbocycles. The van der Waals surface area contributed by atoms with Crippen LogP contribution in [-0.4, -0.2) is 23.4 Å². The van der Waals surface area contributed by atoms with Gasteiger partial charge in [0, 0.05) is 11.9 Å². The molecule has 1 aromatic carbocycles. The van der Waals surface area contributed by atoms with Gasteiger partial charge < -0.3 is 10.1 Å². The van der Waals surface area contributed by atoms with Gasteiger partial charge in [0.05, 0.1) is 19.7 Å². The molecule has 0 fully saturated rings. The molecule has 2 rings (SSSR count). The zero-order valence-electron chi connectivity index (χ0n) is 12.5. The third kappa shape index (κ3) is 3.61. The van der Waals surface area contributed by atoms with E-state index in [4.69, 9.17) is 4.74 Å². The maximum atomic E-state index is 5.32. The Hall–Kier alpha value is -1.81. The highest BCUT2D eigenvalue weighted by molar-refractivity contribution is 5.30. The number of ether oxygens (including phenoxy) is 1. The zero-order valence-corrected chi connectivity index (χ0v) is 12.5. The predicted octanol–water partition coefficient (Wildman–Crippen LogP) is 2.94. The maximum Gasteiger partial charge on any atom is 0.119 e. The minimum Gasteiger partial charge on any atom is -0.497 e. The molecular weight excluding hydrogens is 250 g/mol. The van der Waals surface area contributed by atoms with Crippen molar-refractivity contribution < 1.29 is 4.74 Å². The summed E-state index contributed by atoms with van der Waals surface area (Å²) in [6, 6.07) is 10.5. The summed E-state index contributed by atoms with van der Waals surface area (Å²) < 4.78 is 7.35. The van der Waals surface area contributed by atoms with E-state index in [1.54, 1.807) is 7.11 Å². The molecule has 0 saturated carbocycles. The number of nitrogens with zero attached hydrogens (tertiary/aromatic N) is 2. The van der Waals surface area contributed by atoms with Gasteiger partial charge in [0.15, 0.2) is 0 Å². The fourth-order valence-electron chi connectivity index (χ4n) is 2.23. The van der Waals surface area contributed by atoms with E-state index in [0.29, 0.717) is 0 Å². The summed E-state index contributed by atoms with van der Waals surface area (Å²) in [6.45, 7) is 6.07. The van der Waals surface area contributed by atoms with E-state index in [1.807, 2.05) is 29.1 Å². The molecule has 1 N–H and O–H groups in total. The molecule has 108 valence electrons. The molecular formula is C16H23N3O. The SMILES string of the molecule is CCCNC(Cn1nccc1C)c1cccc(OC)c1. The van der Waals surface area contributed by atoms with Gasteiger partial charge in [0.1, 0.15) is 5.75 Å².